The molecule has 0 spiro atoms. The Bertz CT molecular complexity index is 632. The number of benzene rings is 1. The van der Waals surface area contributed by atoms with E-state index in [1.54, 1.807) is 30.3 Å². The smallest absolute Gasteiger partial charge is 0.339 e. The lowest BCUT2D eigenvalue weighted by molar-refractivity contribution is 0.0697. The lowest BCUT2D eigenvalue weighted by atomic mass is 10.2. The van der Waals surface area contributed by atoms with E-state index < -0.39 is 5.97 Å². The van der Waals surface area contributed by atoms with Crippen LogP contribution in [0.2, 0.25) is 0 Å². The van der Waals surface area contributed by atoms with Gasteiger partial charge in [0.1, 0.15) is 17.5 Å². The molecule has 0 saturated heterocycles. The standard InChI is InChI=1S/C13H9N3O2/c14-8-9-4-1-2-6-11(9)16-12-10(13(17)18)5-3-7-15-12/h1-7H,(H,15,16)(H,17,18). The van der Waals surface area contributed by atoms with Crippen molar-refractivity contribution >= 4 is 17.5 Å². The quantitative estimate of drug-likeness (QED) is 0.858. The Morgan fingerprint density at radius 1 is 1.28 bits per heavy atom. The molecule has 0 unspecified atom stereocenters. The lowest BCUT2D eigenvalue weighted by Gasteiger charge is -2.09. The van der Waals surface area contributed by atoms with Gasteiger partial charge in [-0.15, -0.1) is 0 Å². The van der Waals surface area contributed by atoms with E-state index >= 15 is 0 Å². The molecule has 0 amide bonds. The summed E-state index contributed by atoms with van der Waals surface area (Å²) < 4.78 is 0. The van der Waals surface area contributed by atoms with Crippen molar-refractivity contribution in [2.24, 2.45) is 0 Å². The van der Waals surface area contributed by atoms with Crippen LogP contribution in [0.1, 0.15) is 15.9 Å². The molecule has 0 saturated carbocycles. The fourth-order valence-electron chi connectivity index (χ4n) is 1.49. The molecule has 5 nitrogen and oxygen atoms in total. The first-order valence-electron chi connectivity index (χ1n) is 5.17. The predicted octanol–water partition coefficient (Wildman–Crippen LogP) is 2.40. The van der Waals surface area contributed by atoms with Gasteiger partial charge in [-0.25, -0.2) is 9.78 Å². The predicted molar refractivity (Wildman–Crippen MR) is 65.6 cm³/mol. The molecule has 0 aliphatic rings. The Balaban J connectivity index is 2.41. The average molecular weight is 239 g/mol. The van der Waals surface area contributed by atoms with Gasteiger partial charge in [0.2, 0.25) is 0 Å². The number of aromatic carboxylic acids is 1. The van der Waals surface area contributed by atoms with Crippen molar-refractivity contribution in [1.82, 2.24) is 4.98 Å². The molecule has 1 aromatic carbocycles. The van der Waals surface area contributed by atoms with Gasteiger partial charge in [-0.05, 0) is 24.3 Å². The number of nitriles is 1. The number of carbonyl (C=O) groups is 1. The number of aromatic nitrogens is 1. The molecule has 0 aliphatic heterocycles. The van der Waals surface area contributed by atoms with Crippen LogP contribution in [0.3, 0.4) is 0 Å². The molecular weight excluding hydrogens is 230 g/mol. The summed E-state index contributed by atoms with van der Waals surface area (Å²) in [6.45, 7) is 0. The van der Waals surface area contributed by atoms with Gasteiger partial charge in [0.25, 0.3) is 0 Å². The Labute approximate surface area is 103 Å². The number of anilines is 2. The molecule has 0 atom stereocenters. The minimum absolute atomic E-state index is 0.0604. The minimum Gasteiger partial charge on any atom is -0.478 e. The van der Waals surface area contributed by atoms with Crippen molar-refractivity contribution in [1.29, 1.82) is 5.26 Å². The van der Waals surface area contributed by atoms with Gasteiger partial charge < -0.3 is 10.4 Å². The maximum atomic E-state index is 11.0. The molecular formula is C13H9N3O2. The summed E-state index contributed by atoms with van der Waals surface area (Å²) in [5, 5.41) is 20.8. The van der Waals surface area contributed by atoms with E-state index in [0.29, 0.717) is 11.3 Å². The molecule has 88 valence electrons. The van der Waals surface area contributed by atoms with Crippen molar-refractivity contribution in [2.45, 2.75) is 0 Å². The Morgan fingerprint density at radius 3 is 2.78 bits per heavy atom. The fourth-order valence-corrected chi connectivity index (χ4v) is 1.49. The van der Waals surface area contributed by atoms with Gasteiger partial charge >= 0.3 is 5.97 Å². The van der Waals surface area contributed by atoms with E-state index in [0.717, 1.165) is 0 Å². The zero-order chi connectivity index (χ0) is 13.0. The number of para-hydroxylation sites is 1. The largest absolute Gasteiger partial charge is 0.478 e. The van der Waals surface area contributed by atoms with Crippen molar-refractivity contribution in [3.8, 4) is 6.07 Å². The third kappa shape index (κ3) is 2.28. The van der Waals surface area contributed by atoms with Crippen LogP contribution < -0.4 is 5.32 Å². The van der Waals surface area contributed by atoms with E-state index in [4.69, 9.17) is 10.4 Å². The van der Waals surface area contributed by atoms with Crippen LogP contribution >= 0.6 is 0 Å². The second kappa shape index (κ2) is 4.97. The fraction of sp³-hybridized carbons (Fsp3) is 0. The van der Waals surface area contributed by atoms with Gasteiger partial charge in [-0.2, -0.15) is 5.26 Å². The monoisotopic (exact) mass is 239 g/mol. The van der Waals surface area contributed by atoms with Crippen LogP contribution in [0.15, 0.2) is 42.6 Å². The highest BCUT2D eigenvalue weighted by molar-refractivity contribution is 5.94. The van der Waals surface area contributed by atoms with Gasteiger partial charge in [-0.3, -0.25) is 0 Å². The van der Waals surface area contributed by atoms with E-state index in [1.807, 2.05) is 6.07 Å². The molecule has 18 heavy (non-hydrogen) atoms. The van der Waals surface area contributed by atoms with E-state index in [9.17, 15) is 4.79 Å². The van der Waals surface area contributed by atoms with Gasteiger partial charge in [0.15, 0.2) is 0 Å². The molecule has 1 aromatic heterocycles. The maximum absolute atomic E-state index is 11.0. The number of carboxylic acids is 1. The van der Waals surface area contributed by atoms with Crippen molar-refractivity contribution in [3.63, 3.8) is 0 Å². The van der Waals surface area contributed by atoms with E-state index in [-0.39, 0.29) is 11.4 Å². The number of nitrogens with one attached hydrogen (secondary N) is 1. The number of nitrogens with zero attached hydrogens (tertiary/aromatic N) is 2. The summed E-state index contributed by atoms with van der Waals surface area (Å²) in [5.41, 5.74) is 1.02. The number of pyridine rings is 1. The number of carboxylic acid groups (broad SMARTS) is 1. The molecule has 0 aliphatic carbocycles. The van der Waals surface area contributed by atoms with Gasteiger partial charge in [0, 0.05) is 6.20 Å². The molecule has 2 aromatic rings. The second-order valence-corrected chi connectivity index (χ2v) is 3.49. The van der Waals surface area contributed by atoms with Crippen LogP contribution in [-0.4, -0.2) is 16.1 Å². The van der Waals surface area contributed by atoms with E-state index in [2.05, 4.69) is 10.3 Å². The first-order valence-corrected chi connectivity index (χ1v) is 5.17. The summed E-state index contributed by atoms with van der Waals surface area (Å²) in [4.78, 5) is 15.0. The molecule has 2 rings (SSSR count). The van der Waals surface area contributed by atoms with Crippen LogP contribution in [0, 0.1) is 11.3 Å². The normalized spacial score (nSPS) is 9.50. The van der Waals surface area contributed by atoms with Crippen molar-refractivity contribution < 1.29 is 9.90 Å². The molecule has 5 heteroatoms. The summed E-state index contributed by atoms with van der Waals surface area (Å²) >= 11 is 0. The van der Waals surface area contributed by atoms with Crippen LogP contribution in [0.5, 0.6) is 0 Å². The lowest BCUT2D eigenvalue weighted by Crippen LogP contribution is -2.05. The molecule has 1 heterocycles. The number of hydrogen-bond acceptors (Lipinski definition) is 4. The topological polar surface area (TPSA) is 86.0 Å². The first kappa shape index (κ1) is 11.6. The molecule has 2 N–H and O–H groups in total. The third-order valence-corrected chi connectivity index (χ3v) is 2.34. The summed E-state index contributed by atoms with van der Waals surface area (Å²) in [7, 11) is 0. The number of rotatable bonds is 3. The molecule has 0 fully saturated rings. The first-order chi connectivity index (χ1) is 8.72. The maximum Gasteiger partial charge on any atom is 0.339 e. The highest BCUT2D eigenvalue weighted by atomic mass is 16.4. The van der Waals surface area contributed by atoms with Crippen LogP contribution in [-0.2, 0) is 0 Å². The molecule has 0 bridgehead atoms. The summed E-state index contributed by atoms with van der Waals surface area (Å²) in [5.74, 6) is -0.854. The third-order valence-electron chi connectivity index (χ3n) is 2.34. The zero-order valence-electron chi connectivity index (χ0n) is 9.29. The molecule has 0 radical (unpaired) electrons. The highest BCUT2D eigenvalue weighted by Gasteiger charge is 2.11. The second-order valence-electron chi connectivity index (χ2n) is 3.49. The highest BCUT2D eigenvalue weighted by Crippen LogP contribution is 2.21. The van der Waals surface area contributed by atoms with Crippen molar-refractivity contribution in [2.75, 3.05) is 5.32 Å². The SMILES string of the molecule is N#Cc1ccccc1Nc1ncccc1C(=O)O. The van der Waals surface area contributed by atoms with Crippen LogP contribution in [0.4, 0.5) is 11.5 Å². The minimum atomic E-state index is -1.07. The van der Waals surface area contributed by atoms with Crippen molar-refractivity contribution in [3.05, 3.63) is 53.7 Å². The Hall–Kier alpha value is -2.87. The summed E-state index contributed by atoms with van der Waals surface area (Å²) in [6, 6.07) is 11.9. The van der Waals surface area contributed by atoms with Crippen LogP contribution in [0.25, 0.3) is 0 Å². The summed E-state index contributed by atoms with van der Waals surface area (Å²) in [6.07, 6.45) is 1.49. The Morgan fingerprint density at radius 2 is 2.06 bits per heavy atom. The van der Waals surface area contributed by atoms with Gasteiger partial charge in [0.05, 0.1) is 11.3 Å². The zero-order valence-corrected chi connectivity index (χ0v) is 9.29. The van der Waals surface area contributed by atoms with E-state index in [1.165, 1.54) is 12.3 Å². The average Bonchev–Trinajstić information content (AvgIpc) is 2.40. The Kier molecular flexibility index (Phi) is 3.21. The van der Waals surface area contributed by atoms with Gasteiger partial charge in [-0.1, -0.05) is 12.1 Å². The number of hydrogen-bond donors (Lipinski definition) is 2.